The second-order valence-electron chi connectivity index (χ2n) is 4.26. The third kappa shape index (κ3) is 1.13. The van der Waals surface area contributed by atoms with Crippen LogP contribution in [0.2, 0.25) is 0 Å². The molecule has 0 amide bonds. The number of rotatable bonds is 0. The Labute approximate surface area is 79.3 Å². The highest BCUT2D eigenvalue weighted by Gasteiger charge is 2.26. The van der Waals surface area contributed by atoms with Crippen molar-refractivity contribution in [3.63, 3.8) is 0 Å². The zero-order valence-corrected chi connectivity index (χ0v) is 7.74. The Balaban J connectivity index is 2.10. The molecule has 2 bridgehead atoms. The first kappa shape index (κ1) is 7.37. The van der Waals surface area contributed by atoms with Gasteiger partial charge in [-0.25, -0.2) is 0 Å². The molecule has 0 aromatic heterocycles. The summed E-state index contributed by atoms with van der Waals surface area (Å²) in [6.07, 6.45) is 8.69. The smallest absolute Gasteiger partial charge is 0.0119 e. The summed E-state index contributed by atoms with van der Waals surface area (Å²) >= 11 is 0. The molecule has 0 saturated carbocycles. The summed E-state index contributed by atoms with van der Waals surface area (Å²) in [5.41, 5.74) is 3.20. The van der Waals surface area contributed by atoms with E-state index in [9.17, 15) is 0 Å². The van der Waals surface area contributed by atoms with Crippen LogP contribution in [0.25, 0.3) is 0 Å². The van der Waals surface area contributed by atoms with Crippen LogP contribution in [-0.2, 0) is 6.42 Å². The lowest BCUT2D eigenvalue weighted by molar-refractivity contribution is 0.449. The second kappa shape index (κ2) is 2.73. The summed E-state index contributed by atoms with van der Waals surface area (Å²) in [7, 11) is 0. The maximum Gasteiger partial charge on any atom is -0.0119 e. The lowest BCUT2D eigenvalue weighted by Gasteiger charge is -2.32. The van der Waals surface area contributed by atoms with Crippen molar-refractivity contribution < 1.29 is 0 Å². The monoisotopic (exact) mass is 170 g/mol. The molecule has 0 heterocycles. The Bertz CT molecular complexity index is 349. The van der Waals surface area contributed by atoms with Crippen molar-refractivity contribution in [1.29, 1.82) is 0 Å². The van der Waals surface area contributed by atoms with Crippen LogP contribution in [-0.4, -0.2) is 0 Å². The van der Waals surface area contributed by atoms with Crippen molar-refractivity contribution in [3.05, 3.63) is 47.5 Å². The SMILES string of the molecule is C1=C[C@H]2Cc3ccccc3[C@@H](C1)C2. The van der Waals surface area contributed by atoms with Gasteiger partial charge in [0, 0.05) is 0 Å². The molecule has 13 heavy (non-hydrogen) atoms. The summed E-state index contributed by atoms with van der Waals surface area (Å²) in [6.45, 7) is 0. The van der Waals surface area contributed by atoms with Gasteiger partial charge < -0.3 is 0 Å². The summed E-state index contributed by atoms with van der Waals surface area (Å²) < 4.78 is 0. The van der Waals surface area contributed by atoms with Crippen molar-refractivity contribution in [1.82, 2.24) is 0 Å². The average molecular weight is 170 g/mol. The molecule has 0 saturated heterocycles. The second-order valence-corrected chi connectivity index (χ2v) is 4.26. The molecule has 66 valence electrons. The number of hydrogen-bond donors (Lipinski definition) is 0. The molecule has 0 nitrogen and oxygen atoms in total. The maximum absolute atomic E-state index is 2.41. The first-order valence-corrected chi connectivity index (χ1v) is 5.18. The number of benzene rings is 1. The fourth-order valence-corrected chi connectivity index (χ4v) is 2.78. The van der Waals surface area contributed by atoms with E-state index >= 15 is 0 Å². The molecule has 2 atom stereocenters. The lowest BCUT2D eigenvalue weighted by Crippen LogP contribution is -2.19. The molecule has 0 fully saturated rings. The van der Waals surface area contributed by atoms with Crippen molar-refractivity contribution in [2.45, 2.75) is 25.2 Å². The topological polar surface area (TPSA) is 0 Å². The molecule has 0 spiro atoms. The standard InChI is InChI=1S/C13H14/c1-2-7-13-11(5-1)8-10-4-3-6-12(13)9-10/h1-5,7,10,12H,6,8-9H2/t10-,12-/m0/s1. The van der Waals surface area contributed by atoms with Crippen molar-refractivity contribution in [2.75, 3.05) is 0 Å². The van der Waals surface area contributed by atoms with E-state index in [1.54, 1.807) is 11.1 Å². The van der Waals surface area contributed by atoms with Crippen molar-refractivity contribution in [2.24, 2.45) is 5.92 Å². The van der Waals surface area contributed by atoms with Crippen LogP contribution in [0.4, 0.5) is 0 Å². The molecule has 1 aromatic rings. The van der Waals surface area contributed by atoms with Gasteiger partial charge in [-0.15, -0.1) is 0 Å². The van der Waals surface area contributed by atoms with Gasteiger partial charge in [0.1, 0.15) is 0 Å². The Kier molecular flexibility index (Phi) is 1.55. The van der Waals surface area contributed by atoms with Crippen LogP contribution in [0.3, 0.4) is 0 Å². The fraction of sp³-hybridized carbons (Fsp3) is 0.385. The summed E-state index contributed by atoms with van der Waals surface area (Å²) in [5, 5.41) is 0. The fourth-order valence-electron chi connectivity index (χ4n) is 2.78. The highest BCUT2D eigenvalue weighted by molar-refractivity contribution is 5.35. The van der Waals surface area contributed by atoms with E-state index in [1.165, 1.54) is 19.3 Å². The van der Waals surface area contributed by atoms with Crippen LogP contribution >= 0.6 is 0 Å². The van der Waals surface area contributed by atoms with Crippen LogP contribution in [0.5, 0.6) is 0 Å². The van der Waals surface area contributed by atoms with Crippen LogP contribution < -0.4 is 0 Å². The quantitative estimate of drug-likeness (QED) is 0.524. The summed E-state index contributed by atoms with van der Waals surface area (Å²) in [5.74, 6) is 1.65. The van der Waals surface area contributed by atoms with E-state index in [2.05, 4.69) is 36.4 Å². The first-order valence-electron chi connectivity index (χ1n) is 5.18. The van der Waals surface area contributed by atoms with Crippen LogP contribution in [0, 0.1) is 5.92 Å². The summed E-state index contributed by atoms with van der Waals surface area (Å²) in [6, 6.07) is 8.96. The average Bonchev–Trinajstić information content (AvgIpc) is 2.18. The van der Waals surface area contributed by atoms with Gasteiger partial charge in [-0.3, -0.25) is 0 Å². The number of fused-ring (bicyclic) bond motifs is 4. The predicted octanol–water partition coefficient (Wildman–Crippen LogP) is 3.29. The van der Waals surface area contributed by atoms with E-state index in [0.29, 0.717) is 0 Å². The third-order valence-corrected chi connectivity index (χ3v) is 3.39. The maximum atomic E-state index is 2.41. The molecule has 1 aromatic carbocycles. The molecule has 3 rings (SSSR count). The van der Waals surface area contributed by atoms with Crippen LogP contribution in [0.1, 0.15) is 29.9 Å². The van der Waals surface area contributed by atoms with E-state index in [4.69, 9.17) is 0 Å². The van der Waals surface area contributed by atoms with E-state index in [1.807, 2.05) is 0 Å². The van der Waals surface area contributed by atoms with Crippen molar-refractivity contribution in [3.8, 4) is 0 Å². The molecule has 0 radical (unpaired) electrons. The normalized spacial score (nSPS) is 29.8. The first-order chi connectivity index (χ1) is 6.43. The van der Waals surface area contributed by atoms with Gasteiger partial charge in [-0.05, 0) is 42.2 Å². The zero-order chi connectivity index (χ0) is 8.67. The van der Waals surface area contributed by atoms with Gasteiger partial charge in [0.2, 0.25) is 0 Å². The Morgan fingerprint density at radius 2 is 2.08 bits per heavy atom. The van der Waals surface area contributed by atoms with E-state index < -0.39 is 0 Å². The van der Waals surface area contributed by atoms with Gasteiger partial charge >= 0.3 is 0 Å². The molecule has 0 N–H and O–H groups in total. The molecule has 2 aliphatic carbocycles. The Morgan fingerprint density at radius 3 is 3.08 bits per heavy atom. The molecule has 0 unspecified atom stereocenters. The zero-order valence-electron chi connectivity index (χ0n) is 7.74. The molecule has 0 aliphatic heterocycles. The Morgan fingerprint density at radius 1 is 1.15 bits per heavy atom. The lowest BCUT2D eigenvalue weighted by atomic mass is 9.72. The van der Waals surface area contributed by atoms with E-state index in [0.717, 1.165) is 11.8 Å². The minimum Gasteiger partial charge on any atom is -0.0876 e. The van der Waals surface area contributed by atoms with Gasteiger partial charge in [-0.2, -0.15) is 0 Å². The molecule has 2 aliphatic rings. The van der Waals surface area contributed by atoms with Gasteiger partial charge in [0.05, 0.1) is 0 Å². The minimum atomic E-state index is 0.819. The highest BCUT2D eigenvalue weighted by atomic mass is 14.3. The predicted molar refractivity (Wildman–Crippen MR) is 54.8 cm³/mol. The third-order valence-electron chi connectivity index (χ3n) is 3.39. The minimum absolute atomic E-state index is 0.819. The van der Waals surface area contributed by atoms with E-state index in [-0.39, 0.29) is 0 Å². The van der Waals surface area contributed by atoms with Gasteiger partial charge in [-0.1, -0.05) is 36.4 Å². The number of hydrogen-bond acceptors (Lipinski definition) is 0. The molecule has 0 heteroatoms. The Hall–Kier alpha value is -1.04. The number of allylic oxidation sites excluding steroid dienone is 2. The molecular formula is C13H14. The van der Waals surface area contributed by atoms with Crippen LogP contribution in [0.15, 0.2) is 36.4 Å². The highest BCUT2D eigenvalue weighted by Crippen LogP contribution is 2.40. The van der Waals surface area contributed by atoms with Gasteiger partial charge in [0.25, 0.3) is 0 Å². The van der Waals surface area contributed by atoms with Gasteiger partial charge in [0.15, 0.2) is 0 Å². The molecular weight excluding hydrogens is 156 g/mol. The largest absolute Gasteiger partial charge is 0.0876 e. The van der Waals surface area contributed by atoms with Crippen molar-refractivity contribution >= 4 is 0 Å². The summed E-state index contributed by atoms with van der Waals surface area (Å²) in [4.78, 5) is 0.